The summed E-state index contributed by atoms with van der Waals surface area (Å²) in [6.07, 6.45) is 6.10. The first-order chi connectivity index (χ1) is 29.7. The van der Waals surface area contributed by atoms with Crippen molar-refractivity contribution in [3.05, 3.63) is 58.4 Å². The quantitative estimate of drug-likeness (QED) is 0.0169. The molecule has 8 N–H and O–H groups in total. The smallest absolute Gasteiger partial charge is 0.486 e. The average Bonchev–Trinajstić information content (AvgIpc) is 4.00. The Hall–Kier alpha value is -4.26. The van der Waals surface area contributed by atoms with E-state index in [0.717, 1.165) is 19.5 Å². The number of azide groups is 1. The fourth-order valence-electron chi connectivity index (χ4n) is 6.42. The predicted molar refractivity (Wildman–Crippen MR) is 222 cm³/mol. The Balaban J connectivity index is 1.01. The van der Waals surface area contributed by atoms with E-state index in [1.165, 1.54) is 19.2 Å². The average molecular weight is 927 g/mol. The third kappa shape index (κ3) is 15.8. The number of ether oxygens (including phenoxy) is 4. The molecule has 1 saturated heterocycles. The van der Waals surface area contributed by atoms with Gasteiger partial charge in [0.05, 0.1) is 43.4 Å². The number of nitrogens with one attached hydrogen (secondary N) is 3. The number of hydrogen-bond acceptors (Lipinski definition) is 17. The van der Waals surface area contributed by atoms with Crippen LogP contribution in [0.15, 0.2) is 41.9 Å². The van der Waals surface area contributed by atoms with E-state index in [9.17, 15) is 33.4 Å². The van der Waals surface area contributed by atoms with Crippen LogP contribution in [-0.4, -0.2) is 119 Å². The Morgan fingerprint density at radius 1 is 1.15 bits per heavy atom. The summed E-state index contributed by atoms with van der Waals surface area (Å²) in [5.41, 5.74) is 16.4. The number of carbonyl (C=O) groups is 2. The van der Waals surface area contributed by atoms with Gasteiger partial charge >= 0.3 is 15.6 Å². The Labute approximate surface area is 357 Å². The van der Waals surface area contributed by atoms with Crippen LogP contribution in [0.1, 0.15) is 60.7 Å². The van der Waals surface area contributed by atoms with Crippen LogP contribution in [0.4, 0.5) is 5.82 Å². The van der Waals surface area contributed by atoms with E-state index in [1.807, 2.05) is 0 Å². The minimum Gasteiger partial charge on any atom is -0.491 e. The minimum absolute atomic E-state index is 0.00580. The van der Waals surface area contributed by atoms with Gasteiger partial charge in [-0.3, -0.25) is 14.1 Å². The predicted octanol–water partition coefficient (Wildman–Crippen LogP) is 3.35. The van der Waals surface area contributed by atoms with Gasteiger partial charge in [-0.2, -0.15) is 4.31 Å². The molecule has 2 fully saturated rings. The Bertz CT molecular complexity index is 2190. The van der Waals surface area contributed by atoms with E-state index < -0.39 is 55.1 Å². The molecule has 24 nitrogen and oxygen atoms in total. The van der Waals surface area contributed by atoms with Crippen LogP contribution in [0, 0.1) is 11.8 Å². The van der Waals surface area contributed by atoms with E-state index in [1.54, 1.807) is 35.0 Å². The van der Waals surface area contributed by atoms with Gasteiger partial charge in [0.2, 0.25) is 5.91 Å². The molecule has 1 aliphatic heterocycles. The molecule has 6 atom stereocenters. The lowest BCUT2D eigenvalue weighted by molar-refractivity contribution is -0.126. The highest BCUT2D eigenvalue weighted by atomic mass is 31.3. The maximum Gasteiger partial charge on any atom is 0.486 e. The fourth-order valence-corrected chi connectivity index (χ4v) is 9.59. The molecule has 3 heterocycles. The van der Waals surface area contributed by atoms with Crippen LogP contribution in [0.5, 0.6) is 5.75 Å². The second-order valence-electron chi connectivity index (χ2n) is 13.7. The van der Waals surface area contributed by atoms with Crippen molar-refractivity contribution in [3.63, 3.8) is 0 Å². The van der Waals surface area contributed by atoms with Crippen molar-refractivity contribution >= 4 is 52.7 Å². The third-order valence-electron chi connectivity index (χ3n) is 9.12. The summed E-state index contributed by atoms with van der Waals surface area (Å²) >= 11 is 0. The van der Waals surface area contributed by atoms with Crippen molar-refractivity contribution in [2.45, 2.75) is 63.1 Å². The summed E-state index contributed by atoms with van der Waals surface area (Å²) in [6.45, 7) is 1.26. The molecule has 5 rings (SSSR count). The molecule has 0 spiro atoms. The number of aromatic nitrogens is 3. The number of benzene rings is 1. The molecular formula is C35H49N10O14P3. The van der Waals surface area contributed by atoms with E-state index >= 15 is 0 Å². The number of nitrogens with two attached hydrogens (primary N) is 1. The topological polar surface area (TPSA) is 335 Å². The summed E-state index contributed by atoms with van der Waals surface area (Å²) in [5, 5.41) is 13.0. The molecule has 27 heteroatoms. The van der Waals surface area contributed by atoms with Gasteiger partial charge in [0.1, 0.15) is 43.0 Å². The number of fused-ring (bicyclic) bond motifs is 1. The summed E-state index contributed by atoms with van der Waals surface area (Å²) in [5.74, 6) is 5.63. The van der Waals surface area contributed by atoms with Crippen LogP contribution in [0.2, 0.25) is 0 Å². The summed E-state index contributed by atoms with van der Waals surface area (Å²) in [4.78, 5) is 64.8. The van der Waals surface area contributed by atoms with Crippen molar-refractivity contribution in [3.8, 4) is 17.6 Å². The van der Waals surface area contributed by atoms with E-state index in [-0.39, 0.29) is 44.7 Å². The highest BCUT2D eigenvalue weighted by Gasteiger charge is 2.38. The van der Waals surface area contributed by atoms with Gasteiger partial charge in [-0.15, -0.1) is 0 Å². The van der Waals surface area contributed by atoms with Crippen molar-refractivity contribution in [2.75, 3.05) is 65.1 Å². The third-order valence-corrected chi connectivity index (χ3v) is 13.0. The molecular weight excluding hydrogens is 877 g/mol. The molecule has 62 heavy (non-hydrogen) atoms. The standard InChI is InChI=1S/C35H49N10O14P3/c1-60(48)58-62(51,52)59-61(49,50)56-20-28-11-12-31(57-28)45-19-25(32-33(36)41-23-42-34(32)45)7-5-13-39-29(46)21-53-16-17-54-30(43-44-37)22-55-27-10-4-6-24(18-27)35(47)40-15-14-38-26-8-2-3-9-26/h4,6,10,18-19,23,26,28,30-31,38,48H,2-3,8-9,11-17,20-22H2,1H3,(H,39,46)(H,40,47)(H,49,50)(H,51,52)(H2,36,41,42)/t28-,30?,31+,60?/m0/s1. The zero-order valence-electron chi connectivity index (χ0n) is 33.6. The first-order valence-corrected chi connectivity index (χ1v) is 24.0. The van der Waals surface area contributed by atoms with Gasteiger partial charge in [0.15, 0.2) is 14.6 Å². The number of nitrogens with zero attached hydrogens (tertiary/aromatic N) is 6. The monoisotopic (exact) mass is 926 g/mol. The molecule has 1 aromatic carbocycles. The molecule has 2 amide bonds. The zero-order valence-corrected chi connectivity index (χ0v) is 36.3. The molecule has 2 aliphatic rings. The first kappa shape index (κ1) is 48.8. The fraction of sp³-hybridized carbons (Fsp3) is 0.543. The highest BCUT2D eigenvalue weighted by Crippen LogP contribution is 2.64. The molecule has 338 valence electrons. The second kappa shape index (κ2) is 24.0. The molecule has 3 aromatic rings. The minimum atomic E-state index is -5.07. The van der Waals surface area contributed by atoms with Gasteiger partial charge in [-0.05, 0) is 49.4 Å². The van der Waals surface area contributed by atoms with Crippen LogP contribution in [-0.2, 0) is 41.3 Å². The summed E-state index contributed by atoms with van der Waals surface area (Å²) in [7, 11) is -12.5. The van der Waals surface area contributed by atoms with Gasteiger partial charge in [0.25, 0.3) is 5.91 Å². The number of anilines is 1. The Morgan fingerprint density at radius 3 is 2.73 bits per heavy atom. The lowest BCUT2D eigenvalue weighted by Gasteiger charge is -2.19. The number of carbonyl (C=O) groups excluding carboxylic acids is 2. The maximum atomic E-state index is 12.6. The normalized spacial score (nSPS) is 19.4. The number of nitrogen functional groups attached to an aromatic ring is 1. The molecule has 0 radical (unpaired) electrons. The Kier molecular flexibility index (Phi) is 18.9. The first-order valence-electron chi connectivity index (χ1n) is 19.4. The van der Waals surface area contributed by atoms with Crippen LogP contribution >= 0.6 is 24.0 Å². The van der Waals surface area contributed by atoms with Gasteiger partial charge in [0, 0.05) is 42.5 Å². The SMILES string of the molecule is CP(O)OP(=O)(O)OP(=O)(O)OC[C@@H]1CC[C@H](n2cc(C#CCNC(=O)COCCOC(COc3cccc(C(=O)NCCNC4CCCC4)c3)N=[N+]=[N-])c3c(N)ncnc32)O1. The van der Waals surface area contributed by atoms with Crippen LogP contribution in [0.3, 0.4) is 0 Å². The molecule has 0 bridgehead atoms. The zero-order chi connectivity index (χ0) is 44.5. The van der Waals surface area contributed by atoms with Gasteiger partial charge in [-0.1, -0.05) is 35.9 Å². The number of rotatable bonds is 24. The number of phosphoric acid groups is 2. The molecule has 4 unspecified atom stereocenters. The van der Waals surface area contributed by atoms with Gasteiger partial charge < -0.3 is 59.9 Å². The number of amides is 2. The van der Waals surface area contributed by atoms with E-state index in [2.05, 4.69) is 56.4 Å². The number of hydrogen-bond donors (Lipinski definition) is 7. The lowest BCUT2D eigenvalue weighted by Crippen LogP contribution is -2.35. The Morgan fingerprint density at radius 2 is 1.95 bits per heavy atom. The molecule has 2 aromatic heterocycles. The van der Waals surface area contributed by atoms with Crippen LogP contribution in [0.25, 0.3) is 21.5 Å². The van der Waals surface area contributed by atoms with Crippen molar-refractivity contribution < 1.29 is 65.5 Å². The highest BCUT2D eigenvalue weighted by molar-refractivity contribution is 7.66. The van der Waals surface area contributed by atoms with Crippen molar-refractivity contribution in [1.82, 2.24) is 30.5 Å². The summed E-state index contributed by atoms with van der Waals surface area (Å²) in [6, 6.07) is 7.13. The second-order valence-corrected chi connectivity index (χ2v) is 18.1. The summed E-state index contributed by atoms with van der Waals surface area (Å²) < 4.78 is 61.6. The van der Waals surface area contributed by atoms with E-state index in [0.29, 0.717) is 59.9 Å². The van der Waals surface area contributed by atoms with Crippen LogP contribution < -0.4 is 26.4 Å². The van der Waals surface area contributed by atoms with Gasteiger partial charge in [-0.25, -0.2) is 23.4 Å². The maximum absolute atomic E-state index is 12.6. The van der Waals surface area contributed by atoms with Crippen molar-refractivity contribution in [2.24, 2.45) is 5.11 Å². The largest absolute Gasteiger partial charge is 0.491 e. The number of phosphoric ester groups is 1. The van der Waals surface area contributed by atoms with E-state index in [4.69, 9.17) is 34.7 Å². The molecule has 1 aliphatic carbocycles. The lowest BCUT2D eigenvalue weighted by atomic mass is 10.2. The van der Waals surface area contributed by atoms with Crippen molar-refractivity contribution in [1.29, 1.82) is 0 Å². The molecule has 1 saturated carbocycles.